The van der Waals surface area contributed by atoms with Crippen molar-refractivity contribution in [2.45, 2.75) is 58.3 Å². The Hall–Kier alpha value is -3.29. The van der Waals surface area contributed by atoms with Gasteiger partial charge >= 0.3 is 5.97 Å². The number of allylic oxidation sites excluding steroid dienone is 1. The summed E-state index contributed by atoms with van der Waals surface area (Å²) in [5.74, 6) is -0.528. The number of hydrogen-bond donors (Lipinski definition) is 4. The Kier molecular flexibility index (Phi) is 15.6. The van der Waals surface area contributed by atoms with Crippen molar-refractivity contribution in [3.63, 3.8) is 0 Å². The fourth-order valence-electron chi connectivity index (χ4n) is 2.64. The Balaban J connectivity index is 0.00000102. The van der Waals surface area contributed by atoms with Gasteiger partial charge in [0.15, 0.2) is 0 Å². The maximum Gasteiger partial charge on any atom is 0.307 e. The number of rotatable bonds is 13. The van der Waals surface area contributed by atoms with Gasteiger partial charge in [-0.05, 0) is 36.8 Å². The number of hydrogen-bond acceptors (Lipinski definition) is 7. The van der Waals surface area contributed by atoms with Gasteiger partial charge in [-0.1, -0.05) is 62.3 Å². The minimum absolute atomic E-state index is 0.143. The molecule has 178 valence electrons. The van der Waals surface area contributed by atoms with E-state index in [1.54, 1.807) is 24.3 Å². The van der Waals surface area contributed by atoms with E-state index in [9.17, 15) is 9.59 Å². The fraction of sp³-hybridized carbons (Fsp3) is 0.458. The summed E-state index contributed by atoms with van der Waals surface area (Å²) in [6, 6.07) is 7.17. The summed E-state index contributed by atoms with van der Waals surface area (Å²) in [6.07, 6.45) is 6.12. The number of ether oxygens (including phenoxy) is 1. The van der Waals surface area contributed by atoms with Gasteiger partial charge in [0.05, 0.1) is 19.2 Å². The van der Waals surface area contributed by atoms with Crippen molar-refractivity contribution in [2.75, 3.05) is 13.7 Å². The number of unbranched alkanes of at least 4 members (excludes halogenated alkanes) is 2. The van der Waals surface area contributed by atoms with Crippen LogP contribution in [-0.2, 0) is 14.3 Å². The molecule has 0 aliphatic rings. The van der Waals surface area contributed by atoms with E-state index in [2.05, 4.69) is 35.3 Å². The Labute approximate surface area is 191 Å². The predicted molar refractivity (Wildman–Crippen MR) is 129 cm³/mol. The van der Waals surface area contributed by atoms with Gasteiger partial charge in [0, 0.05) is 24.4 Å². The minimum atomic E-state index is -0.367. The molecule has 0 atom stereocenters. The summed E-state index contributed by atoms with van der Waals surface area (Å²) in [4.78, 5) is 22.6. The first-order valence-electron chi connectivity index (χ1n) is 10.8. The van der Waals surface area contributed by atoms with Crippen LogP contribution in [0.25, 0.3) is 5.70 Å². The van der Waals surface area contributed by atoms with E-state index in [1.807, 2.05) is 0 Å². The number of nitrogens with one attached hydrogen (secondary N) is 1. The first-order chi connectivity index (χ1) is 15.2. The summed E-state index contributed by atoms with van der Waals surface area (Å²) in [5, 5.41) is 15.1. The standard InChI is InChI=1S/C17H23N3O4.C7H15N/c1-12(18)13-6-8-14(9-7-13)15(20-23)4-3-5-16(21)19-11-10-17(22)24-2;1-3-4-5-6-7(2)8/h6-9,23H,1,3-5,10-11,18H2,2H3,(H,19,21);2-6,8H2,1H3/b20-15+;. The van der Waals surface area contributed by atoms with Crippen molar-refractivity contribution in [2.24, 2.45) is 16.6 Å². The van der Waals surface area contributed by atoms with E-state index < -0.39 is 0 Å². The monoisotopic (exact) mass is 446 g/mol. The topological polar surface area (TPSA) is 140 Å². The summed E-state index contributed by atoms with van der Waals surface area (Å²) in [7, 11) is 1.30. The largest absolute Gasteiger partial charge is 0.469 e. The molecule has 1 aromatic carbocycles. The van der Waals surface area contributed by atoms with Crippen LogP contribution in [0.3, 0.4) is 0 Å². The number of esters is 1. The lowest BCUT2D eigenvalue weighted by molar-refractivity contribution is -0.140. The number of nitrogens with two attached hydrogens (primary N) is 2. The summed E-state index contributed by atoms with van der Waals surface area (Å²) in [5.41, 5.74) is 14.3. The van der Waals surface area contributed by atoms with Crippen LogP contribution in [0.4, 0.5) is 0 Å². The maximum absolute atomic E-state index is 11.6. The molecule has 0 bridgehead atoms. The highest BCUT2D eigenvalue weighted by Crippen LogP contribution is 2.13. The third-order valence-corrected chi connectivity index (χ3v) is 4.51. The molecule has 8 heteroatoms. The Morgan fingerprint density at radius 2 is 1.62 bits per heavy atom. The van der Waals surface area contributed by atoms with Crippen LogP contribution < -0.4 is 16.8 Å². The molecule has 1 aromatic rings. The molecule has 0 aliphatic heterocycles. The van der Waals surface area contributed by atoms with Crippen LogP contribution >= 0.6 is 0 Å². The van der Waals surface area contributed by atoms with Gasteiger partial charge in [0.25, 0.3) is 0 Å². The number of oxime groups is 1. The second-order valence-electron chi connectivity index (χ2n) is 7.29. The molecule has 6 N–H and O–H groups in total. The Bertz CT molecular complexity index is 758. The third kappa shape index (κ3) is 13.8. The molecular weight excluding hydrogens is 408 g/mol. The molecule has 0 saturated heterocycles. The number of amides is 1. The first kappa shape index (κ1) is 28.7. The number of methoxy groups -OCH3 is 1. The van der Waals surface area contributed by atoms with Gasteiger partial charge in [-0.2, -0.15) is 0 Å². The minimum Gasteiger partial charge on any atom is -0.469 e. The number of benzene rings is 1. The average Bonchev–Trinajstić information content (AvgIpc) is 2.77. The molecule has 0 unspecified atom stereocenters. The zero-order chi connectivity index (χ0) is 24.4. The van der Waals surface area contributed by atoms with Crippen molar-refractivity contribution in [1.82, 2.24) is 5.32 Å². The lowest BCUT2D eigenvalue weighted by Crippen LogP contribution is -2.26. The normalized spacial score (nSPS) is 10.5. The van der Waals surface area contributed by atoms with E-state index in [4.69, 9.17) is 16.7 Å². The average molecular weight is 447 g/mol. The summed E-state index contributed by atoms with van der Waals surface area (Å²) < 4.78 is 4.48. The molecule has 32 heavy (non-hydrogen) atoms. The van der Waals surface area contributed by atoms with Crippen molar-refractivity contribution >= 4 is 23.3 Å². The molecule has 0 aromatic heterocycles. The smallest absolute Gasteiger partial charge is 0.307 e. The van der Waals surface area contributed by atoms with Crippen LogP contribution in [0.15, 0.2) is 48.3 Å². The van der Waals surface area contributed by atoms with Crippen LogP contribution in [0, 0.1) is 0 Å². The summed E-state index contributed by atoms with van der Waals surface area (Å²) >= 11 is 0. The van der Waals surface area contributed by atoms with Gasteiger partial charge < -0.3 is 26.7 Å². The molecule has 1 rings (SSSR count). The van der Waals surface area contributed by atoms with E-state index in [0.29, 0.717) is 24.3 Å². The van der Waals surface area contributed by atoms with E-state index in [0.717, 1.165) is 23.2 Å². The van der Waals surface area contributed by atoms with Crippen molar-refractivity contribution < 1.29 is 19.5 Å². The quantitative estimate of drug-likeness (QED) is 0.120. The zero-order valence-corrected chi connectivity index (χ0v) is 19.4. The molecule has 0 spiro atoms. The second-order valence-corrected chi connectivity index (χ2v) is 7.29. The second kappa shape index (κ2) is 17.4. The van der Waals surface area contributed by atoms with Crippen molar-refractivity contribution in [3.05, 3.63) is 54.2 Å². The SMILES string of the molecule is C=C(N)CCCCC.C=C(N)c1ccc(/C(CCCC(=O)NCCC(=O)OC)=N/O)cc1. The van der Waals surface area contributed by atoms with Gasteiger partial charge in [0.1, 0.15) is 0 Å². The lowest BCUT2D eigenvalue weighted by atomic mass is 10.0. The van der Waals surface area contributed by atoms with E-state index in [1.165, 1.54) is 26.4 Å². The highest BCUT2D eigenvalue weighted by atomic mass is 16.5. The Morgan fingerprint density at radius 1 is 1.00 bits per heavy atom. The van der Waals surface area contributed by atoms with Gasteiger partial charge in [0.2, 0.25) is 5.91 Å². The molecule has 0 saturated carbocycles. The van der Waals surface area contributed by atoms with Crippen LogP contribution in [-0.4, -0.2) is 36.4 Å². The van der Waals surface area contributed by atoms with E-state index >= 15 is 0 Å². The van der Waals surface area contributed by atoms with Gasteiger partial charge in [-0.25, -0.2) is 0 Å². The summed E-state index contributed by atoms with van der Waals surface area (Å²) in [6.45, 7) is 9.69. The Morgan fingerprint density at radius 3 is 2.12 bits per heavy atom. The van der Waals surface area contributed by atoms with Crippen LogP contribution in [0.1, 0.15) is 69.4 Å². The molecule has 0 radical (unpaired) electrons. The number of nitrogens with zero attached hydrogens (tertiary/aromatic N) is 1. The van der Waals surface area contributed by atoms with E-state index in [-0.39, 0.29) is 31.3 Å². The molecular formula is C24H38N4O4. The van der Waals surface area contributed by atoms with Crippen LogP contribution in [0.2, 0.25) is 0 Å². The van der Waals surface area contributed by atoms with Crippen LogP contribution in [0.5, 0.6) is 0 Å². The van der Waals surface area contributed by atoms with Crippen molar-refractivity contribution in [3.8, 4) is 0 Å². The third-order valence-electron chi connectivity index (χ3n) is 4.51. The van der Waals surface area contributed by atoms with Gasteiger partial charge in [-0.3, -0.25) is 9.59 Å². The zero-order valence-electron chi connectivity index (χ0n) is 19.4. The maximum atomic E-state index is 11.6. The molecule has 1 amide bonds. The molecule has 0 fully saturated rings. The predicted octanol–water partition coefficient (Wildman–Crippen LogP) is 3.68. The van der Waals surface area contributed by atoms with Gasteiger partial charge in [-0.15, -0.1) is 0 Å². The molecule has 0 aliphatic carbocycles. The molecule has 8 nitrogen and oxygen atoms in total. The highest BCUT2D eigenvalue weighted by molar-refractivity contribution is 6.00. The highest BCUT2D eigenvalue weighted by Gasteiger charge is 2.08. The first-order valence-corrected chi connectivity index (χ1v) is 10.8. The number of carbonyl (C=O) groups excluding carboxylic acids is 2. The fourth-order valence-corrected chi connectivity index (χ4v) is 2.64. The molecule has 0 heterocycles. The number of carbonyl (C=O) groups is 2. The van der Waals surface area contributed by atoms with Crippen molar-refractivity contribution in [1.29, 1.82) is 0 Å². The lowest BCUT2D eigenvalue weighted by Gasteiger charge is -2.07.